The van der Waals surface area contributed by atoms with Crippen molar-refractivity contribution in [1.29, 1.82) is 0 Å². The van der Waals surface area contributed by atoms with Gasteiger partial charge in [0.15, 0.2) is 0 Å². The monoisotopic (exact) mass is 396 g/mol. The first-order chi connectivity index (χ1) is 14.0. The quantitative estimate of drug-likeness (QED) is 0.599. The number of anilines is 1. The summed E-state index contributed by atoms with van der Waals surface area (Å²) in [6.07, 6.45) is 3.46. The zero-order valence-electron chi connectivity index (χ0n) is 16.1. The zero-order chi connectivity index (χ0) is 20.8. The second kappa shape index (κ2) is 9.23. The van der Waals surface area contributed by atoms with Crippen molar-refractivity contribution >= 4 is 23.5 Å². The van der Waals surface area contributed by atoms with Crippen molar-refractivity contribution in [1.82, 2.24) is 0 Å². The summed E-state index contributed by atoms with van der Waals surface area (Å²) in [6.45, 7) is 0.921. The number of ether oxygens (including phenoxy) is 1. The normalized spacial score (nSPS) is 12.7. The summed E-state index contributed by atoms with van der Waals surface area (Å²) >= 11 is 0. The molecule has 1 aliphatic rings. The number of unbranched alkanes of at least 4 members (excludes halogenated alkanes) is 3. The first-order valence-corrected chi connectivity index (χ1v) is 9.65. The SMILES string of the molecule is NC(=O)c1ccc(N2Cc3c(OCCCCCCC(=O)O)cccc3C2=O)cc1. The summed E-state index contributed by atoms with van der Waals surface area (Å²) in [4.78, 5) is 36.2. The highest BCUT2D eigenvalue weighted by Crippen LogP contribution is 2.34. The molecule has 0 aromatic heterocycles. The number of carbonyl (C=O) groups excluding carboxylic acids is 2. The van der Waals surface area contributed by atoms with Crippen LogP contribution in [0.25, 0.3) is 0 Å². The zero-order valence-corrected chi connectivity index (χ0v) is 16.1. The van der Waals surface area contributed by atoms with Crippen LogP contribution in [0.4, 0.5) is 5.69 Å². The summed E-state index contributed by atoms with van der Waals surface area (Å²) in [6, 6.07) is 12.1. The van der Waals surface area contributed by atoms with Gasteiger partial charge in [-0.15, -0.1) is 0 Å². The van der Waals surface area contributed by atoms with E-state index in [4.69, 9.17) is 15.6 Å². The van der Waals surface area contributed by atoms with E-state index in [1.807, 2.05) is 6.07 Å². The Morgan fingerprint density at radius 3 is 2.45 bits per heavy atom. The number of aliphatic carboxylic acids is 1. The largest absolute Gasteiger partial charge is 0.493 e. The van der Waals surface area contributed by atoms with Crippen molar-refractivity contribution in [3.8, 4) is 5.75 Å². The number of carboxylic acid groups (broad SMARTS) is 1. The van der Waals surface area contributed by atoms with Gasteiger partial charge in [0.25, 0.3) is 5.91 Å². The molecule has 0 unspecified atom stereocenters. The highest BCUT2D eigenvalue weighted by molar-refractivity contribution is 6.10. The van der Waals surface area contributed by atoms with Gasteiger partial charge in [0.1, 0.15) is 5.75 Å². The summed E-state index contributed by atoms with van der Waals surface area (Å²) in [7, 11) is 0. The molecule has 0 radical (unpaired) electrons. The van der Waals surface area contributed by atoms with E-state index >= 15 is 0 Å². The van der Waals surface area contributed by atoms with E-state index in [9.17, 15) is 14.4 Å². The third-order valence-electron chi connectivity index (χ3n) is 4.93. The molecular formula is C22H24N2O5. The topological polar surface area (TPSA) is 110 Å². The van der Waals surface area contributed by atoms with Gasteiger partial charge in [0.05, 0.1) is 13.2 Å². The molecule has 0 atom stereocenters. The van der Waals surface area contributed by atoms with E-state index in [1.54, 1.807) is 41.3 Å². The van der Waals surface area contributed by atoms with Gasteiger partial charge in [0, 0.05) is 28.8 Å². The van der Waals surface area contributed by atoms with Crippen LogP contribution in [0, 0.1) is 0 Å². The van der Waals surface area contributed by atoms with Crippen LogP contribution in [-0.2, 0) is 11.3 Å². The smallest absolute Gasteiger partial charge is 0.303 e. The van der Waals surface area contributed by atoms with E-state index in [0.29, 0.717) is 42.1 Å². The van der Waals surface area contributed by atoms with Gasteiger partial charge in [-0.3, -0.25) is 14.4 Å². The summed E-state index contributed by atoms with van der Waals surface area (Å²) in [5, 5.41) is 8.64. The molecule has 0 saturated heterocycles. The lowest BCUT2D eigenvalue weighted by Crippen LogP contribution is -2.23. The standard InChI is InChI=1S/C22H24N2O5/c23-21(27)15-9-11-16(12-10-15)24-14-18-17(22(24)28)6-5-7-19(18)29-13-4-2-1-3-8-20(25)26/h5-7,9-12H,1-4,8,13-14H2,(H2,23,27)(H,25,26). The van der Waals surface area contributed by atoms with Gasteiger partial charge in [-0.1, -0.05) is 18.9 Å². The van der Waals surface area contributed by atoms with Gasteiger partial charge in [0.2, 0.25) is 5.91 Å². The minimum atomic E-state index is -0.764. The lowest BCUT2D eigenvalue weighted by Gasteiger charge is -2.16. The number of amides is 2. The van der Waals surface area contributed by atoms with Crippen molar-refractivity contribution in [2.45, 2.75) is 38.6 Å². The minimum Gasteiger partial charge on any atom is -0.493 e. The fourth-order valence-electron chi connectivity index (χ4n) is 3.37. The third kappa shape index (κ3) is 4.93. The summed E-state index contributed by atoms with van der Waals surface area (Å²) in [5.74, 6) is -0.686. The number of carbonyl (C=O) groups is 3. The maximum Gasteiger partial charge on any atom is 0.303 e. The van der Waals surface area contributed by atoms with Crippen molar-refractivity contribution in [2.75, 3.05) is 11.5 Å². The average molecular weight is 396 g/mol. The van der Waals surface area contributed by atoms with Gasteiger partial charge < -0.3 is 20.5 Å². The number of carboxylic acids is 1. The number of rotatable bonds is 10. The first-order valence-electron chi connectivity index (χ1n) is 9.65. The molecule has 2 amide bonds. The van der Waals surface area contributed by atoms with Crippen molar-refractivity contribution < 1.29 is 24.2 Å². The van der Waals surface area contributed by atoms with Crippen molar-refractivity contribution in [3.63, 3.8) is 0 Å². The highest BCUT2D eigenvalue weighted by atomic mass is 16.5. The predicted octanol–water partition coefficient (Wildman–Crippen LogP) is 3.36. The minimum absolute atomic E-state index is 0.106. The fraction of sp³-hybridized carbons (Fsp3) is 0.318. The molecule has 1 aliphatic heterocycles. The maximum absolute atomic E-state index is 12.8. The highest BCUT2D eigenvalue weighted by Gasteiger charge is 2.31. The Hall–Kier alpha value is -3.35. The first kappa shape index (κ1) is 20.4. The molecule has 0 bridgehead atoms. The average Bonchev–Trinajstić information content (AvgIpc) is 3.04. The summed E-state index contributed by atoms with van der Waals surface area (Å²) in [5.41, 5.74) is 7.82. The Bertz CT molecular complexity index is 908. The van der Waals surface area contributed by atoms with Crippen LogP contribution in [0.1, 0.15) is 58.4 Å². The molecule has 0 spiro atoms. The Kier molecular flexibility index (Phi) is 6.49. The van der Waals surface area contributed by atoms with E-state index < -0.39 is 11.9 Å². The molecule has 29 heavy (non-hydrogen) atoms. The van der Waals surface area contributed by atoms with Crippen LogP contribution >= 0.6 is 0 Å². The van der Waals surface area contributed by atoms with E-state index in [0.717, 1.165) is 24.8 Å². The molecule has 152 valence electrons. The molecule has 1 heterocycles. The van der Waals surface area contributed by atoms with Gasteiger partial charge in [-0.25, -0.2) is 0 Å². The molecule has 0 fully saturated rings. The number of benzene rings is 2. The molecule has 0 aliphatic carbocycles. The van der Waals surface area contributed by atoms with Crippen molar-refractivity contribution in [3.05, 3.63) is 59.2 Å². The number of nitrogens with two attached hydrogens (primary N) is 1. The summed E-state index contributed by atoms with van der Waals surface area (Å²) < 4.78 is 5.90. The van der Waals surface area contributed by atoms with Crippen LogP contribution in [0.5, 0.6) is 5.75 Å². The lowest BCUT2D eigenvalue weighted by molar-refractivity contribution is -0.137. The Morgan fingerprint density at radius 2 is 1.76 bits per heavy atom. The van der Waals surface area contributed by atoms with E-state index in [1.165, 1.54) is 0 Å². The molecule has 3 rings (SSSR count). The Balaban J connectivity index is 1.60. The lowest BCUT2D eigenvalue weighted by atomic mass is 10.1. The molecule has 3 N–H and O–H groups in total. The number of hydrogen-bond donors (Lipinski definition) is 2. The molecule has 0 saturated carbocycles. The van der Waals surface area contributed by atoms with Gasteiger partial charge in [-0.2, -0.15) is 0 Å². The molecule has 2 aromatic carbocycles. The number of primary amides is 1. The molecule has 2 aromatic rings. The van der Waals surface area contributed by atoms with Crippen LogP contribution in [0.2, 0.25) is 0 Å². The van der Waals surface area contributed by atoms with Crippen LogP contribution in [-0.4, -0.2) is 29.5 Å². The van der Waals surface area contributed by atoms with Crippen LogP contribution < -0.4 is 15.4 Å². The number of nitrogens with zero attached hydrogens (tertiary/aromatic N) is 1. The predicted molar refractivity (Wildman–Crippen MR) is 108 cm³/mol. The van der Waals surface area contributed by atoms with Gasteiger partial charge in [-0.05, 0) is 49.2 Å². The second-order valence-electron chi connectivity index (χ2n) is 6.99. The number of hydrogen-bond acceptors (Lipinski definition) is 4. The second-order valence-corrected chi connectivity index (χ2v) is 6.99. The number of fused-ring (bicyclic) bond motifs is 1. The van der Waals surface area contributed by atoms with E-state index in [2.05, 4.69) is 0 Å². The van der Waals surface area contributed by atoms with Crippen LogP contribution in [0.3, 0.4) is 0 Å². The fourth-order valence-corrected chi connectivity index (χ4v) is 3.37. The van der Waals surface area contributed by atoms with Crippen molar-refractivity contribution in [2.24, 2.45) is 5.73 Å². The van der Waals surface area contributed by atoms with Gasteiger partial charge >= 0.3 is 5.97 Å². The maximum atomic E-state index is 12.8. The molecule has 7 heteroatoms. The van der Waals surface area contributed by atoms with Crippen LogP contribution in [0.15, 0.2) is 42.5 Å². The Labute approximate surface area is 169 Å². The molecule has 7 nitrogen and oxygen atoms in total. The Morgan fingerprint density at radius 1 is 1.03 bits per heavy atom. The third-order valence-corrected chi connectivity index (χ3v) is 4.93. The van der Waals surface area contributed by atoms with E-state index in [-0.39, 0.29) is 12.3 Å². The molecular weight excluding hydrogens is 372 g/mol.